The van der Waals surface area contributed by atoms with E-state index in [1.807, 2.05) is 13.0 Å². The van der Waals surface area contributed by atoms with Gasteiger partial charge in [-0.2, -0.15) is 12.6 Å². The van der Waals surface area contributed by atoms with Gasteiger partial charge in [0.1, 0.15) is 0 Å². The maximum atomic E-state index is 4.07. The summed E-state index contributed by atoms with van der Waals surface area (Å²) >= 11 is 4.07. The van der Waals surface area contributed by atoms with Gasteiger partial charge in [-0.25, -0.2) is 0 Å². The van der Waals surface area contributed by atoms with Crippen molar-refractivity contribution in [3.05, 3.63) is 12.7 Å². The predicted octanol–water partition coefficient (Wildman–Crippen LogP) is 1.04. The first-order chi connectivity index (χ1) is 3.27. The van der Waals surface area contributed by atoms with Crippen LogP contribution in [0.3, 0.4) is 0 Å². The molecule has 2 heteroatoms. The van der Waals surface area contributed by atoms with E-state index in [0.717, 1.165) is 6.54 Å². The Hall–Kier alpha value is 0.0500. The largest absolute Gasteiger partial charge is 0.302 e. The highest BCUT2D eigenvalue weighted by molar-refractivity contribution is 7.80. The lowest BCUT2D eigenvalue weighted by Crippen LogP contribution is -2.19. The van der Waals surface area contributed by atoms with E-state index in [0.29, 0.717) is 0 Å². The SMILES string of the molecule is C=CCNC(C)S. The molecule has 0 fully saturated rings. The molecule has 0 aliphatic heterocycles. The van der Waals surface area contributed by atoms with Crippen LogP contribution in [-0.4, -0.2) is 11.9 Å². The van der Waals surface area contributed by atoms with Crippen LogP contribution in [0.2, 0.25) is 0 Å². The lowest BCUT2D eigenvalue weighted by atomic mass is 10.6. The third-order valence-electron chi connectivity index (χ3n) is 0.558. The van der Waals surface area contributed by atoms with Crippen molar-refractivity contribution in [3.8, 4) is 0 Å². The minimum atomic E-state index is 0.276. The molecule has 0 saturated carbocycles. The molecule has 0 amide bonds. The van der Waals surface area contributed by atoms with Crippen molar-refractivity contribution in [2.24, 2.45) is 0 Å². The van der Waals surface area contributed by atoms with Gasteiger partial charge in [0.05, 0.1) is 0 Å². The highest BCUT2D eigenvalue weighted by Gasteiger charge is 1.84. The maximum absolute atomic E-state index is 4.07. The van der Waals surface area contributed by atoms with Gasteiger partial charge < -0.3 is 5.32 Å². The molecule has 0 aromatic rings. The molecular weight excluding hydrogens is 106 g/mol. The average Bonchev–Trinajstić information content (AvgIpc) is 1.61. The summed E-state index contributed by atoms with van der Waals surface area (Å²) in [5.41, 5.74) is 0. The number of rotatable bonds is 3. The minimum absolute atomic E-state index is 0.276. The molecule has 0 spiro atoms. The minimum Gasteiger partial charge on any atom is -0.302 e. The van der Waals surface area contributed by atoms with Gasteiger partial charge in [0.15, 0.2) is 0 Å². The molecule has 1 atom stereocenters. The maximum Gasteiger partial charge on any atom is 0.0476 e. The molecule has 0 bridgehead atoms. The second kappa shape index (κ2) is 4.22. The van der Waals surface area contributed by atoms with Crippen LogP contribution in [0.15, 0.2) is 12.7 Å². The van der Waals surface area contributed by atoms with Gasteiger partial charge in [-0.1, -0.05) is 6.08 Å². The molecule has 1 unspecified atom stereocenters. The monoisotopic (exact) mass is 117 g/mol. The lowest BCUT2D eigenvalue weighted by molar-refractivity contribution is 0.757. The fraction of sp³-hybridized carbons (Fsp3) is 0.600. The topological polar surface area (TPSA) is 12.0 Å². The number of hydrogen-bond donors (Lipinski definition) is 2. The number of nitrogens with one attached hydrogen (secondary N) is 1. The normalized spacial score (nSPS) is 13.4. The number of thiol groups is 1. The van der Waals surface area contributed by atoms with Crippen LogP contribution < -0.4 is 5.32 Å². The Morgan fingerprint density at radius 2 is 2.57 bits per heavy atom. The molecule has 1 nitrogen and oxygen atoms in total. The van der Waals surface area contributed by atoms with Crippen LogP contribution in [0.25, 0.3) is 0 Å². The van der Waals surface area contributed by atoms with Gasteiger partial charge >= 0.3 is 0 Å². The molecule has 0 aliphatic rings. The first-order valence-electron chi connectivity index (χ1n) is 2.29. The Labute approximate surface area is 50.2 Å². The Morgan fingerprint density at radius 1 is 2.00 bits per heavy atom. The van der Waals surface area contributed by atoms with E-state index in [1.165, 1.54) is 0 Å². The van der Waals surface area contributed by atoms with Crippen molar-refractivity contribution < 1.29 is 0 Å². The van der Waals surface area contributed by atoms with Gasteiger partial charge in [0.2, 0.25) is 0 Å². The second-order valence-corrected chi connectivity index (χ2v) is 2.15. The molecule has 42 valence electrons. The smallest absolute Gasteiger partial charge is 0.0476 e. The zero-order valence-electron chi connectivity index (χ0n) is 4.52. The molecule has 0 aliphatic carbocycles. The van der Waals surface area contributed by atoms with Gasteiger partial charge in [-0.05, 0) is 6.92 Å². The van der Waals surface area contributed by atoms with Crippen LogP contribution >= 0.6 is 12.6 Å². The molecule has 1 N–H and O–H groups in total. The van der Waals surface area contributed by atoms with E-state index in [1.54, 1.807) is 0 Å². The van der Waals surface area contributed by atoms with E-state index in [4.69, 9.17) is 0 Å². The van der Waals surface area contributed by atoms with Gasteiger partial charge in [-0.15, -0.1) is 6.58 Å². The van der Waals surface area contributed by atoms with E-state index < -0.39 is 0 Å². The van der Waals surface area contributed by atoms with Crippen LogP contribution in [0, 0.1) is 0 Å². The van der Waals surface area contributed by atoms with Crippen molar-refractivity contribution >= 4 is 12.6 Å². The molecular formula is C5H11NS. The molecule has 0 heterocycles. The van der Waals surface area contributed by atoms with Crippen LogP contribution in [0.5, 0.6) is 0 Å². The van der Waals surface area contributed by atoms with E-state index >= 15 is 0 Å². The van der Waals surface area contributed by atoms with Crippen molar-refractivity contribution in [2.75, 3.05) is 6.54 Å². The summed E-state index contributed by atoms with van der Waals surface area (Å²) in [5, 5.41) is 3.32. The Bertz CT molecular complexity index is 52.0. The van der Waals surface area contributed by atoms with Crippen LogP contribution in [0.1, 0.15) is 6.92 Å². The standard InChI is InChI=1S/C5H11NS/c1-3-4-6-5(2)7/h3,5-7H,1,4H2,2H3. The first-order valence-corrected chi connectivity index (χ1v) is 2.81. The van der Waals surface area contributed by atoms with E-state index in [2.05, 4.69) is 24.5 Å². The van der Waals surface area contributed by atoms with Gasteiger partial charge in [-0.3, -0.25) is 0 Å². The summed E-state index contributed by atoms with van der Waals surface area (Å²) in [7, 11) is 0. The summed E-state index contributed by atoms with van der Waals surface area (Å²) in [6.07, 6.45) is 1.81. The summed E-state index contributed by atoms with van der Waals surface area (Å²) in [5.74, 6) is 0. The van der Waals surface area contributed by atoms with Crippen molar-refractivity contribution in [1.29, 1.82) is 0 Å². The quantitative estimate of drug-likeness (QED) is 0.320. The fourth-order valence-corrected chi connectivity index (χ4v) is 0.359. The third kappa shape index (κ3) is 6.05. The average molecular weight is 117 g/mol. The second-order valence-electron chi connectivity index (χ2n) is 1.37. The molecule has 0 rings (SSSR count). The summed E-state index contributed by atoms with van der Waals surface area (Å²) < 4.78 is 0. The molecule has 0 radical (unpaired) electrons. The predicted molar refractivity (Wildman–Crippen MR) is 36.6 cm³/mol. The van der Waals surface area contributed by atoms with Gasteiger partial charge in [0, 0.05) is 11.9 Å². The summed E-state index contributed by atoms with van der Waals surface area (Å²) in [6.45, 7) is 6.35. The lowest BCUT2D eigenvalue weighted by Gasteiger charge is -2.00. The van der Waals surface area contributed by atoms with E-state index in [9.17, 15) is 0 Å². The highest BCUT2D eigenvalue weighted by Crippen LogP contribution is 1.82. The van der Waals surface area contributed by atoms with Crippen molar-refractivity contribution in [2.45, 2.75) is 12.3 Å². The van der Waals surface area contributed by atoms with Crippen molar-refractivity contribution in [3.63, 3.8) is 0 Å². The third-order valence-corrected chi connectivity index (χ3v) is 0.740. The summed E-state index contributed by atoms with van der Waals surface area (Å²) in [4.78, 5) is 0. The highest BCUT2D eigenvalue weighted by atomic mass is 32.1. The molecule has 7 heavy (non-hydrogen) atoms. The van der Waals surface area contributed by atoms with E-state index in [-0.39, 0.29) is 5.37 Å². The zero-order valence-corrected chi connectivity index (χ0v) is 5.41. The summed E-state index contributed by atoms with van der Waals surface area (Å²) in [6, 6.07) is 0. The number of hydrogen-bond acceptors (Lipinski definition) is 2. The Morgan fingerprint density at radius 3 is 2.71 bits per heavy atom. The fourth-order valence-electron chi connectivity index (χ4n) is 0.254. The molecule has 0 aromatic heterocycles. The molecule has 0 saturated heterocycles. The van der Waals surface area contributed by atoms with Crippen LogP contribution in [-0.2, 0) is 0 Å². The van der Waals surface area contributed by atoms with Gasteiger partial charge in [0.25, 0.3) is 0 Å². The first kappa shape index (κ1) is 7.05. The molecule has 0 aromatic carbocycles. The zero-order chi connectivity index (χ0) is 5.70. The van der Waals surface area contributed by atoms with Crippen LogP contribution in [0.4, 0.5) is 0 Å². The Balaban J connectivity index is 2.81. The Kier molecular flexibility index (Phi) is 4.25. The van der Waals surface area contributed by atoms with Crippen molar-refractivity contribution in [1.82, 2.24) is 5.32 Å².